The van der Waals surface area contributed by atoms with Gasteiger partial charge in [-0.05, 0) is 43.3 Å². The van der Waals surface area contributed by atoms with Crippen LogP contribution < -0.4 is 5.73 Å². The van der Waals surface area contributed by atoms with Crippen molar-refractivity contribution < 1.29 is 54.2 Å². The minimum Gasteiger partial charge on any atom is -0.481 e. The molecule has 4 saturated carbocycles. The van der Waals surface area contributed by atoms with E-state index in [0.29, 0.717) is 6.42 Å². The Morgan fingerprint density at radius 3 is 2.27 bits per heavy atom. The number of carboxylic acids is 1. The molecule has 0 aromatic rings. The summed E-state index contributed by atoms with van der Waals surface area (Å²) in [5.74, 6) is -3.41. The molecule has 0 spiro atoms. The smallest absolute Gasteiger partial charge is 0.405 e. The molecular weight excluding hydrogens is 669 g/mol. The van der Waals surface area contributed by atoms with Gasteiger partial charge in [0.15, 0.2) is 5.78 Å². The van der Waals surface area contributed by atoms with Gasteiger partial charge in [-0.25, -0.2) is 9.59 Å². The highest BCUT2D eigenvalue weighted by atomic mass is 35.5. The number of carbonyl (C=O) groups is 4. The molecule has 1 amide bonds. The Morgan fingerprint density at radius 2 is 1.67 bits per heavy atom. The topological polar surface area (TPSA) is 214 Å². The van der Waals surface area contributed by atoms with Crippen molar-refractivity contribution in [1.29, 1.82) is 0 Å². The lowest BCUT2D eigenvalue weighted by Gasteiger charge is -2.38. The number of ether oxygens (including phenoxy) is 2. The Bertz CT molecular complexity index is 1390. The van der Waals surface area contributed by atoms with E-state index in [1.54, 1.807) is 43.4 Å². The van der Waals surface area contributed by atoms with Crippen molar-refractivity contribution >= 4 is 47.0 Å². The molecule has 2 bridgehead atoms. The number of rotatable bonds is 18. The van der Waals surface area contributed by atoms with E-state index in [0.717, 1.165) is 5.57 Å². The fraction of sp³-hybridized carbons (Fsp3) is 0.529. The molecule has 48 heavy (non-hydrogen) atoms. The molecule has 0 radical (unpaired) electrons. The van der Waals surface area contributed by atoms with Gasteiger partial charge in [0.1, 0.15) is 23.7 Å². The predicted octanol–water partition coefficient (Wildman–Crippen LogP) is 3.06. The number of Topliss-reactive ketones (excluding diaryl/α,β-unsaturated/α-hetero) is 1. The van der Waals surface area contributed by atoms with Crippen molar-refractivity contribution in [2.24, 2.45) is 34.8 Å². The van der Waals surface area contributed by atoms with Crippen LogP contribution in [0.25, 0.3) is 0 Å². The zero-order valence-corrected chi connectivity index (χ0v) is 28.3. The summed E-state index contributed by atoms with van der Waals surface area (Å²) in [5.41, 5.74) is 5.00. The van der Waals surface area contributed by atoms with Crippen LogP contribution in [0.5, 0.6) is 0 Å². The third-order valence-electron chi connectivity index (χ3n) is 9.07. The third-order valence-corrected chi connectivity index (χ3v) is 10.1. The van der Waals surface area contributed by atoms with Gasteiger partial charge in [-0.15, -0.1) is 11.6 Å². The summed E-state index contributed by atoms with van der Waals surface area (Å²) in [4.78, 5) is 47.5. The van der Waals surface area contributed by atoms with Gasteiger partial charge in [0.25, 0.3) is 0 Å². The Labute approximate surface area is 288 Å². The highest BCUT2D eigenvalue weighted by molar-refractivity contribution is 6.30. The van der Waals surface area contributed by atoms with Gasteiger partial charge in [-0.3, -0.25) is 9.59 Å². The average Bonchev–Trinajstić information content (AvgIpc) is 3.95. The van der Waals surface area contributed by atoms with Gasteiger partial charge in [0.05, 0.1) is 23.7 Å². The molecule has 0 aromatic heterocycles. The number of ketones is 1. The summed E-state index contributed by atoms with van der Waals surface area (Å²) in [7, 11) is 0. The minimum atomic E-state index is -1.88. The number of alkyl halides is 1. The molecule has 4 aliphatic carbocycles. The number of hydrogen-bond donors (Lipinski definition) is 6. The Kier molecular flexibility index (Phi) is 13.8. The normalized spacial score (nSPS) is 30.5. The third kappa shape index (κ3) is 9.25. The number of primary amides is 1. The number of halogens is 2. The fourth-order valence-electron chi connectivity index (χ4n) is 6.28. The minimum absolute atomic E-state index is 0.00450. The summed E-state index contributed by atoms with van der Waals surface area (Å²) in [5, 5.41) is 50.1. The zero-order chi connectivity index (χ0) is 35.9. The van der Waals surface area contributed by atoms with Gasteiger partial charge in [0.2, 0.25) is 0 Å². The number of fused-ring (bicyclic) bond motifs is 2. The summed E-state index contributed by atoms with van der Waals surface area (Å²) < 4.78 is 10.2. The highest BCUT2D eigenvalue weighted by Gasteiger charge is 2.91. The molecule has 0 aliphatic heterocycles. The molecule has 4 aliphatic rings. The Balaban J connectivity index is 1.44. The van der Waals surface area contributed by atoms with Crippen LogP contribution in [0.4, 0.5) is 4.79 Å². The summed E-state index contributed by atoms with van der Waals surface area (Å²) in [6.07, 6.45) is 6.65. The summed E-state index contributed by atoms with van der Waals surface area (Å²) in [6.45, 7) is 5.13. The predicted molar refractivity (Wildman–Crippen MR) is 176 cm³/mol. The van der Waals surface area contributed by atoms with Gasteiger partial charge >= 0.3 is 18.0 Å². The maximum absolute atomic E-state index is 12.6. The van der Waals surface area contributed by atoms with E-state index in [2.05, 4.69) is 0 Å². The quantitative estimate of drug-likeness (QED) is 0.0400. The molecule has 0 saturated heterocycles. The van der Waals surface area contributed by atoms with Crippen LogP contribution in [0.1, 0.15) is 40.0 Å². The Morgan fingerprint density at radius 1 is 1.04 bits per heavy atom. The standard InChI is InChI=1S/C34H43Cl2NO11/c1-4-5-13-22(48-33(37)46)28(36)20(38)15-21(39)30(42)29(41)18(3)19(35)12-8-6-10-17(2)11-7-9-14-24(40)47-23-16-34(32(44)45)26-25(27(26)34)31(23)43/h5-14,18,20,22-23,25-31,38,41-43H,4,15-16H2,1-3H3,(H2,37,46)(H,44,45)/b8-6+,11-7+,13-5+,14-9+,17-10+,19-12-/t18?,20?,22?,23?,25?,26-,27-,28?,29?,30?,31?,34?/m0/s1. The second-order valence-corrected chi connectivity index (χ2v) is 13.3. The molecule has 4 rings (SSSR count). The molecule has 4 fully saturated rings. The van der Waals surface area contributed by atoms with Crippen LogP contribution in [0.2, 0.25) is 0 Å². The van der Waals surface area contributed by atoms with E-state index >= 15 is 0 Å². The number of aliphatic carboxylic acids is 1. The van der Waals surface area contributed by atoms with Gasteiger partial charge in [-0.2, -0.15) is 0 Å². The van der Waals surface area contributed by atoms with Gasteiger partial charge in [0, 0.05) is 29.9 Å². The van der Waals surface area contributed by atoms with Crippen LogP contribution >= 0.6 is 23.2 Å². The molecule has 7 N–H and O–H groups in total. The zero-order valence-electron chi connectivity index (χ0n) is 26.8. The number of carboxylic acid groups (broad SMARTS) is 1. The van der Waals surface area contributed by atoms with E-state index in [-0.39, 0.29) is 29.2 Å². The first-order chi connectivity index (χ1) is 22.6. The Hall–Kier alpha value is -3.26. The van der Waals surface area contributed by atoms with Gasteiger partial charge in [-0.1, -0.05) is 73.6 Å². The number of hydrogen-bond acceptors (Lipinski definition) is 10. The van der Waals surface area contributed by atoms with Crippen LogP contribution in [0.3, 0.4) is 0 Å². The molecule has 14 heteroatoms. The molecule has 8 unspecified atom stereocenters. The SMILES string of the molecule is CC/C=C/C(OC(N)=O)C(Cl)C(O)CC(=O)C(O)C(O)C(C)/C(Cl)=C/C=C/C=C(C)/C=C/C=C/C(=O)OC1CC2(C(=O)O)[C@H]3C(C1O)[C@@H]32. The van der Waals surface area contributed by atoms with E-state index < -0.39 is 83.6 Å². The van der Waals surface area contributed by atoms with Gasteiger partial charge < -0.3 is 40.7 Å². The second-order valence-electron chi connectivity index (χ2n) is 12.4. The molecular formula is C34H43Cl2NO11. The molecule has 10 atom stereocenters. The lowest BCUT2D eigenvalue weighted by molar-refractivity contribution is -0.171. The van der Waals surface area contributed by atoms with Crippen LogP contribution in [0.15, 0.2) is 71.4 Å². The number of aliphatic hydroxyl groups excluding tert-OH is 4. The number of carbonyl (C=O) groups excluding carboxylic acids is 3. The number of aliphatic hydroxyl groups is 4. The van der Waals surface area contributed by atoms with E-state index in [1.165, 1.54) is 31.2 Å². The molecule has 0 heterocycles. The average molecular weight is 713 g/mol. The van der Waals surface area contributed by atoms with Crippen molar-refractivity contribution in [2.75, 3.05) is 0 Å². The van der Waals surface area contributed by atoms with Crippen molar-refractivity contribution in [3.63, 3.8) is 0 Å². The lowest BCUT2D eigenvalue weighted by atomic mass is 9.73. The largest absolute Gasteiger partial charge is 0.481 e. The first-order valence-electron chi connectivity index (χ1n) is 15.6. The number of esters is 1. The summed E-state index contributed by atoms with van der Waals surface area (Å²) >= 11 is 12.5. The van der Waals surface area contributed by atoms with Crippen LogP contribution in [-0.4, -0.2) is 91.3 Å². The number of allylic oxidation sites excluding steroid dienone is 9. The maximum atomic E-state index is 12.6. The maximum Gasteiger partial charge on any atom is 0.405 e. The monoisotopic (exact) mass is 711 g/mol. The van der Waals surface area contributed by atoms with Crippen molar-refractivity contribution in [3.8, 4) is 0 Å². The van der Waals surface area contributed by atoms with Crippen molar-refractivity contribution in [3.05, 3.63) is 71.4 Å². The fourth-order valence-corrected chi connectivity index (χ4v) is 6.70. The first-order valence-corrected chi connectivity index (χ1v) is 16.4. The molecule has 0 aromatic carbocycles. The first kappa shape index (κ1) is 39.2. The van der Waals surface area contributed by atoms with E-state index in [4.69, 9.17) is 38.4 Å². The van der Waals surface area contributed by atoms with E-state index in [9.17, 15) is 44.7 Å². The number of nitrogens with two attached hydrogens (primary N) is 1. The number of amides is 1. The van der Waals surface area contributed by atoms with E-state index in [1.807, 2.05) is 6.92 Å². The van der Waals surface area contributed by atoms with Crippen LogP contribution in [-0.2, 0) is 23.9 Å². The lowest BCUT2D eigenvalue weighted by Crippen LogP contribution is -2.49. The van der Waals surface area contributed by atoms with Crippen molar-refractivity contribution in [1.82, 2.24) is 0 Å². The van der Waals surface area contributed by atoms with Crippen LogP contribution in [0, 0.1) is 29.1 Å². The summed E-state index contributed by atoms with van der Waals surface area (Å²) in [6, 6.07) is 0. The highest BCUT2D eigenvalue weighted by Crippen LogP contribution is 2.86. The van der Waals surface area contributed by atoms with Crippen molar-refractivity contribution in [2.45, 2.75) is 82.0 Å². The second kappa shape index (κ2) is 16.9. The molecule has 12 nitrogen and oxygen atoms in total. The molecule has 264 valence electrons.